The highest BCUT2D eigenvalue weighted by molar-refractivity contribution is 7.91. The number of methoxy groups -OCH3 is 1. The van der Waals surface area contributed by atoms with E-state index in [-0.39, 0.29) is 17.3 Å². The predicted octanol–water partition coefficient (Wildman–Crippen LogP) is 5.57. The van der Waals surface area contributed by atoms with Crippen LogP contribution in [0.25, 0.3) is 0 Å². The van der Waals surface area contributed by atoms with Gasteiger partial charge in [-0.2, -0.15) is 0 Å². The number of nitrogens with one attached hydrogen (secondary N) is 1. The standard InChI is InChI=1S/C27H40N2O6S2/c1-3-4-5-6-7-8-9-10-11-12-19-28-37(33,34)25-18-17-24(36-25)21-29(26(30)27(31)32)20-22-13-15-23(35-2)16-14-22/h13-18,28H,3-12,19-21H2,1-2H3,(H,31,32). The molecule has 1 heterocycles. The summed E-state index contributed by atoms with van der Waals surface area (Å²) >= 11 is 1.04. The Bertz CT molecular complexity index is 1070. The fraction of sp³-hybridized carbons (Fsp3) is 0.556. The Labute approximate surface area is 225 Å². The molecule has 0 saturated carbocycles. The van der Waals surface area contributed by atoms with E-state index in [1.165, 1.54) is 55.9 Å². The van der Waals surface area contributed by atoms with Crippen LogP contribution in [0.15, 0.2) is 40.6 Å². The predicted molar refractivity (Wildman–Crippen MR) is 146 cm³/mol. The molecule has 0 bridgehead atoms. The van der Waals surface area contributed by atoms with Gasteiger partial charge in [-0.3, -0.25) is 4.79 Å². The number of thiophene rings is 1. The number of unbranched alkanes of at least 4 members (excludes halogenated alkanes) is 9. The zero-order chi connectivity index (χ0) is 27.1. The average Bonchev–Trinajstić information content (AvgIpc) is 3.36. The smallest absolute Gasteiger partial charge is 0.394 e. The Balaban J connectivity index is 1.83. The van der Waals surface area contributed by atoms with Crippen molar-refractivity contribution in [2.75, 3.05) is 13.7 Å². The average molecular weight is 553 g/mol. The van der Waals surface area contributed by atoms with Crippen molar-refractivity contribution >= 4 is 33.2 Å². The summed E-state index contributed by atoms with van der Waals surface area (Å²) in [5, 5.41) is 9.24. The van der Waals surface area contributed by atoms with Gasteiger partial charge in [0.15, 0.2) is 0 Å². The van der Waals surface area contributed by atoms with Gasteiger partial charge in [0, 0.05) is 18.0 Å². The van der Waals surface area contributed by atoms with Crippen molar-refractivity contribution in [2.45, 2.75) is 88.4 Å². The van der Waals surface area contributed by atoms with Crippen LogP contribution in [0, 0.1) is 0 Å². The number of carbonyl (C=O) groups is 2. The van der Waals surface area contributed by atoms with E-state index < -0.39 is 21.9 Å². The van der Waals surface area contributed by atoms with Crippen LogP contribution in [0.2, 0.25) is 0 Å². The number of carbonyl (C=O) groups excluding carboxylic acids is 1. The zero-order valence-electron chi connectivity index (χ0n) is 21.9. The molecule has 0 spiro atoms. The van der Waals surface area contributed by atoms with E-state index in [1.54, 1.807) is 37.4 Å². The lowest BCUT2D eigenvalue weighted by atomic mass is 10.1. The lowest BCUT2D eigenvalue weighted by Crippen LogP contribution is -2.35. The van der Waals surface area contributed by atoms with E-state index in [4.69, 9.17) is 4.74 Å². The highest BCUT2D eigenvalue weighted by atomic mass is 32.2. The van der Waals surface area contributed by atoms with Crippen molar-refractivity contribution in [3.8, 4) is 5.75 Å². The molecule has 1 aromatic carbocycles. The molecule has 0 saturated heterocycles. The molecule has 0 radical (unpaired) electrons. The molecule has 0 fully saturated rings. The van der Waals surface area contributed by atoms with Crippen LogP contribution >= 0.6 is 11.3 Å². The number of carboxylic acid groups (broad SMARTS) is 1. The lowest BCUT2D eigenvalue weighted by molar-refractivity contribution is -0.156. The van der Waals surface area contributed by atoms with Gasteiger partial charge in [-0.05, 0) is 36.2 Å². The molecule has 206 valence electrons. The van der Waals surface area contributed by atoms with E-state index in [2.05, 4.69) is 11.6 Å². The van der Waals surface area contributed by atoms with Gasteiger partial charge in [0.25, 0.3) is 0 Å². The summed E-state index contributed by atoms with van der Waals surface area (Å²) in [7, 11) is -2.11. The van der Waals surface area contributed by atoms with Crippen molar-refractivity contribution in [1.29, 1.82) is 0 Å². The van der Waals surface area contributed by atoms with Crippen LogP contribution in [0.1, 0.15) is 81.6 Å². The number of benzene rings is 1. The molecule has 10 heteroatoms. The van der Waals surface area contributed by atoms with E-state index in [1.807, 2.05) is 0 Å². The Morgan fingerprint density at radius 3 is 2.05 bits per heavy atom. The van der Waals surface area contributed by atoms with Gasteiger partial charge in [0.2, 0.25) is 10.0 Å². The van der Waals surface area contributed by atoms with Crippen LogP contribution < -0.4 is 9.46 Å². The summed E-state index contributed by atoms with van der Waals surface area (Å²) in [6, 6.07) is 10.1. The third-order valence-corrected chi connectivity index (χ3v) is 9.10. The second-order valence-corrected chi connectivity index (χ2v) is 12.3. The van der Waals surface area contributed by atoms with Gasteiger partial charge in [0.1, 0.15) is 9.96 Å². The Kier molecular flexibility index (Phi) is 13.7. The van der Waals surface area contributed by atoms with Crippen LogP contribution in [0.4, 0.5) is 0 Å². The molecule has 1 aromatic heterocycles. The van der Waals surface area contributed by atoms with Gasteiger partial charge in [-0.25, -0.2) is 17.9 Å². The van der Waals surface area contributed by atoms with Gasteiger partial charge < -0.3 is 14.7 Å². The minimum absolute atomic E-state index is 0.00417. The first kappa shape index (κ1) is 30.8. The van der Waals surface area contributed by atoms with Crippen molar-refractivity contribution in [3.05, 3.63) is 46.8 Å². The van der Waals surface area contributed by atoms with Gasteiger partial charge in [0.05, 0.1) is 13.7 Å². The van der Waals surface area contributed by atoms with Gasteiger partial charge in [-0.1, -0.05) is 76.8 Å². The van der Waals surface area contributed by atoms with Crippen molar-refractivity contribution < 1.29 is 27.9 Å². The summed E-state index contributed by atoms with van der Waals surface area (Å²) in [6.07, 6.45) is 11.8. The first-order chi connectivity index (χ1) is 17.8. The molecule has 8 nitrogen and oxygen atoms in total. The SMILES string of the molecule is CCCCCCCCCCCCNS(=O)(=O)c1ccc(CN(Cc2ccc(OC)cc2)C(=O)C(=O)O)s1. The van der Waals surface area contributed by atoms with Gasteiger partial charge in [-0.15, -0.1) is 11.3 Å². The second-order valence-electron chi connectivity index (χ2n) is 9.11. The van der Waals surface area contributed by atoms with E-state index >= 15 is 0 Å². The van der Waals surface area contributed by atoms with E-state index in [0.29, 0.717) is 17.2 Å². The van der Waals surface area contributed by atoms with Crippen LogP contribution in [-0.2, 0) is 32.7 Å². The first-order valence-corrected chi connectivity index (χ1v) is 15.3. The number of ether oxygens (including phenoxy) is 1. The second kappa shape index (κ2) is 16.4. The van der Waals surface area contributed by atoms with E-state index in [0.717, 1.165) is 36.2 Å². The monoisotopic (exact) mass is 552 g/mol. The lowest BCUT2D eigenvalue weighted by Gasteiger charge is -2.20. The normalized spacial score (nSPS) is 11.4. The maximum absolute atomic E-state index is 12.7. The van der Waals surface area contributed by atoms with Crippen molar-refractivity contribution in [3.63, 3.8) is 0 Å². The van der Waals surface area contributed by atoms with Crippen LogP contribution in [0.3, 0.4) is 0 Å². The molecule has 0 unspecified atom stereocenters. The minimum atomic E-state index is -3.65. The molecule has 2 rings (SSSR count). The number of amides is 1. The summed E-state index contributed by atoms with van der Waals surface area (Å²) in [6.45, 7) is 2.67. The minimum Gasteiger partial charge on any atom is -0.497 e. The van der Waals surface area contributed by atoms with Crippen LogP contribution in [-0.4, -0.2) is 44.0 Å². The molecule has 2 aromatic rings. The van der Waals surface area contributed by atoms with Gasteiger partial charge >= 0.3 is 11.9 Å². The molecule has 0 aliphatic rings. The molecule has 1 amide bonds. The number of carboxylic acids is 1. The quantitative estimate of drug-likeness (QED) is 0.185. The maximum atomic E-state index is 12.7. The molecule has 0 aliphatic carbocycles. The Morgan fingerprint density at radius 1 is 0.892 bits per heavy atom. The first-order valence-electron chi connectivity index (χ1n) is 13.0. The summed E-state index contributed by atoms with van der Waals surface area (Å²) in [4.78, 5) is 25.4. The summed E-state index contributed by atoms with van der Waals surface area (Å²) < 4.78 is 33.3. The Morgan fingerprint density at radius 2 is 1.49 bits per heavy atom. The molecule has 2 N–H and O–H groups in total. The highest BCUT2D eigenvalue weighted by Crippen LogP contribution is 2.24. The van der Waals surface area contributed by atoms with Crippen LogP contribution in [0.5, 0.6) is 5.75 Å². The topological polar surface area (TPSA) is 113 Å². The highest BCUT2D eigenvalue weighted by Gasteiger charge is 2.23. The maximum Gasteiger partial charge on any atom is 0.394 e. The number of aliphatic carboxylic acids is 1. The number of sulfonamides is 1. The fourth-order valence-electron chi connectivity index (χ4n) is 3.95. The Hall–Kier alpha value is -2.43. The van der Waals surface area contributed by atoms with E-state index in [9.17, 15) is 23.1 Å². The molecule has 0 atom stereocenters. The largest absolute Gasteiger partial charge is 0.497 e. The molecule has 0 aliphatic heterocycles. The fourth-order valence-corrected chi connectivity index (χ4v) is 6.44. The number of rotatable bonds is 18. The zero-order valence-corrected chi connectivity index (χ0v) is 23.5. The summed E-state index contributed by atoms with van der Waals surface area (Å²) in [5.74, 6) is -1.96. The number of hydrogen-bond acceptors (Lipinski definition) is 6. The molecule has 37 heavy (non-hydrogen) atoms. The van der Waals surface area contributed by atoms with Crippen molar-refractivity contribution in [1.82, 2.24) is 9.62 Å². The third-order valence-electron chi connectivity index (χ3n) is 6.07. The number of nitrogens with zero attached hydrogens (tertiary/aromatic N) is 1. The molecular formula is C27H40N2O6S2. The third kappa shape index (κ3) is 11.2. The summed E-state index contributed by atoms with van der Waals surface area (Å²) in [5.41, 5.74) is 0.734. The molecular weight excluding hydrogens is 512 g/mol. The van der Waals surface area contributed by atoms with Crippen molar-refractivity contribution in [2.24, 2.45) is 0 Å². The number of hydrogen-bond donors (Lipinski definition) is 2.